The van der Waals surface area contributed by atoms with Crippen LogP contribution in [0.25, 0.3) is 0 Å². The molecule has 9 heteroatoms. The Kier molecular flexibility index (Phi) is 7.27. The number of fused-ring (bicyclic) bond motifs is 3. The van der Waals surface area contributed by atoms with Crippen LogP contribution >= 0.6 is 0 Å². The summed E-state index contributed by atoms with van der Waals surface area (Å²) in [5.74, 6) is -0.0729. The molecular formula is C28H36N4O4S. The predicted molar refractivity (Wildman–Crippen MR) is 146 cm³/mol. The zero-order valence-electron chi connectivity index (χ0n) is 21.7. The van der Waals surface area contributed by atoms with Crippen molar-refractivity contribution in [1.82, 2.24) is 4.31 Å². The molecule has 8 nitrogen and oxygen atoms in total. The van der Waals surface area contributed by atoms with Crippen molar-refractivity contribution in [2.45, 2.75) is 69.2 Å². The average Bonchev–Trinajstić information content (AvgIpc) is 2.91. The summed E-state index contributed by atoms with van der Waals surface area (Å²) in [6.45, 7) is 5.81. The van der Waals surface area contributed by atoms with Gasteiger partial charge in [0.2, 0.25) is 21.8 Å². The number of carbonyl (C=O) groups excluding carboxylic acids is 2. The Morgan fingerprint density at radius 3 is 2.35 bits per heavy atom. The van der Waals surface area contributed by atoms with Gasteiger partial charge in [0.1, 0.15) is 12.6 Å². The van der Waals surface area contributed by atoms with Gasteiger partial charge in [-0.15, -0.1) is 0 Å². The molecule has 2 aromatic rings. The molecule has 1 N–H and O–H groups in total. The first-order chi connectivity index (χ1) is 17.8. The number of piperidine rings is 2. The molecule has 37 heavy (non-hydrogen) atoms. The second kappa shape index (κ2) is 10.5. The Morgan fingerprint density at radius 2 is 1.65 bits per heavy atom. The molecular weight excluding hydrogens is 488 g/mol. The summed E-state index contributed by atoms with van der Waals surface area (Å²) in [5.41, 5.74) is 3.15. The van der Waals surface area contributed by atoms with Crippen LogP contribution in [-0.4, -0.2) is 56.8 Å². The van der Waals surface area contributed by atoms with Crippen molar-refractivity contribution < 1.29 is 18.0 Å². The molecule has 2 amide bonds. The van der Waals surface area contributed by atoms with Crippen molar-refractivity contribution >= 4 is 38.9 Å². The molecule has 5 rings (SSSR count). The van der Waals surface area contributed by atoms with Crippen LogP contribution in [0.5, 0.6) is 0 Å². The molecule has 2 saturated heterocycles. The minimum Gasteiger partial charge on any atom is -0.358 e. The first kappa shape index (κ1) is 25.7. The highest BCUT2D eigenvalue weighted by Crippen LogP contribution is 2.41. The summed E-state index contributed by atoms with van der Waals surface area (Å²) in [6.07, 6.45) is 5.38. The van der Waals surface area contributed by atoms with Gasteiger partial charge in [0.15, 0.2) is 0 Å². The number of amides is 2. The summed E-state index contributed by atoms with van der Waals surface area (Å²) in [6, 6.07) is 12.4. The van der Waals surface area contributed by atoms with Crippen molar-refractivity contribution in [2.75, 3.05) is 41.3 Å². The first-order valence-corrected chi connectivity index (χ1v) is 14.8. The third-order valence-corrected chi connectivity index (χ3v) is 9.61. The van der Waals surface area contributed by atoms with E-state index in [2.05, 4.69) is 24.1 Å². The fourth-order valence-corrected chi connectivity index (χ4v) is 7.15. The van der Waals surface area contributed by atoms with Gasteiger partial charge in [-0.25, -0.2) is 8.42 Å². The van der Waals surface area contributed by atoms with Gasteiger partial charge in [0.05, 0.1) is 16.3 Å². The highest BCUT2D eigenvalue weighted by molar-refractivity contribution is 7.89. The smallest absolute Gasteiger partial charge is 0.250 e. The van der Waals surface area contributed by atoms with Crippen LogP contribution in [0, 0.1) is 0 Å². The van der Waals surface area contributed by atoms with E-state index in [0.717, 1.165) is 50.8 Å². The number of benzene rings is 2. The zero-order chi connectivity index (χ0) is 26.2. The SMILES string of the molecule is CC(C)c1ccc(NC(=O)CN2C(=O)[C@H]3CCCCN3c3ccc(S(=O)(=O)N4CCCCC4)cc32)cc1. The highest BCUT2D eigenvalue weighted by atomic mass is 32.2. The maximum Gasteiger partial charge on any atom is 0.250 e. The van der Waals surface area contributed by atoms with Gasteiger partial charge in [-0.3, -0.25) is 14.5 Å². The topological polar surface area (TPSA) is 90.0 Å². The van der Waals surface area contributed by atoms with E-state index in [1.54, 1.807) is 12.1 Å². The van der Waals surface area contributed by atoms with E-state index in [1.807, 2.05) is 30.3 Å². The average molecular weight is 525 g/mol. The van der Waals surface area contributed by atoms with E-state index in [1.165, 1.54) is 14.8 Å². The number of nitrogens with one attached hydrogen (secondary N) is 1. The van der Waals surface area contributed by atoms with Gasteiger partial charge < -0.3 is 10.2 Å². The Bertz CT molecular complexity index is 1270. The van der Waals surface area contributed by atoms with Crippen molar-refractivity contribution in [3.63, 3.8) is 0 Å². The molecule has 3 heterocycles. The third kappa shape index (κ3) is 5.11. The minimum absolute atomic E-state index is 0.148. The summed E-state index contributed by atoms with van der Waals surface area (Å²) in [4.78, 5) is 30.5. The highest BCUT2D eigenvalue weighted by Gasteiger charge is 2.41. The lowest BCUT2D eigenvalue weighted by Gasteiger charge is -2.45. The standard InChI is InChI=1S/C28H36N4O4S/c1-20(2)21-9-11-22(12-10-21)29-27(33)19-32-26-18-23(37(35,36)30-15-5-3-6-16-30)13-14-24(26)31-17-7-4-8-25(31)28(32)34/h9-14,18,20,25H,3-8,15-17,19H2,1-2H3,(H,29,33)/t25-/m1/s1. The molecule has 0 bridgehead atoms. The molecule has 198 valence electrons. The Balaban J connectivity index is 1.45. The van der Waals surface area contributed by atoms with Gasteiger partial charge >= 0.3 is 0 Å². The molecule has 0 spiro atoms. The molecule has 3 aliphatic heterocycles. The largest absolute Gasteiger partial charge is 0.358 e. The number of nitrogens with zero attached hydrogens (tertiary/aromatic N) is 3. The third-order valence-electron chi connectivity index (χ3n) is 7.72. The number of hydrogen-bond donors (Lipinski definition) is 1. The zero-order valence-corrected chi connectivity index (χ0v) is 22.5. The fraction of sp³-hybridized carbons (Fsp3) is 0.500. The Morgan fingerprint density at radius 1 is 0.946 bits per heavy atom. The van der Waals surface area contributed by atoms with Crippen molar-refractivity contribution in [3.8, 4) is 0 Å². The predicted octanol–water partition coefficient (Wildman–Crippen LogP) is 4.33. The van der Waals surface area contributed by atoms with Gasteiger partial charge in [-0.05, 0) is 73.9 Å². The van der Waals surface area contributed by atoms with Gasteiger partial charge in [0.25, 0.3) is 0 Å². The van der Waals surface area contributed by atoms with Crippen LogP contribution in [0.15, 0.2) is 47.4 Å². The van der Waals surface area contributed by atoms with E-state index in [-0.39, 0.29) is 29.3 Å². The van der Waals surface area contributed by atoms with Gasteiger partial charge in [-0.2, -0.15) is 4.31 Å². The number of rotatable bonds is 6. The first-order valence-electron chi connectivity index (χ1n) is 13.4. The number of anilines is 3. The van der Waals surface area contributed by atoms with E-state index in [4.69, 9.17) is 0 Å². The molecule has 0 radical (unpaired) electrons. The number of hydrogen-bond acceptors (Lipinski definition) is 5. The lowest BCUT2D eigenvalue weighted by molar-refractivity contribution is -0.123. The lowest BCUT2D eigenvalue weighted by Crippen LogP contribution is -2.56. The molecule has 2 fully saturated rings. The summed E-state index contributed by atoms with van der Waals surface area (Å²) < 4.78 is 28.4. The Labute approximate surface area is 219 Å². The van der Waals surface area contributed by atoms with Crippen molar-refractivity contribution in [3.05, 3.63) is 48.0 Å². The Hall–Kier alpha value is -2.91. The molecule has 1 atom stereocenters. The van der Waals surface area contributed by atoms with Crippen molar-refractivity contribution in [2.24, 2.45) is 0 Å². The normalized spacial score (nSPS) is 20.5. The molecule has 0 aromatic heterocycles. The maximum atomic E-state index is 13.6. The van der Waals surface area contributed by atoms with Crippen LogP contribution in [0.4, 0.5) is 17.1 Å². The summed E-state index contributed by atoms with van der Waals surface area (Å²) >= 11 is 0. The van der Waals surface area contributed by atoms with Gasteiger partial charge in [0, 0.05) is 25.3 Å². The molecule has 0 saturated carbocycles. The van der Waals surface area contributed by atoms with E-state index in [0.29, 0.717) is 30.4 Å². The van der Waals surface area contributed by atoms with Gasteiger partial charge in [-0.1, -0.05) is 32.4 Å². The molecule has 0 aliphatic carbocycles. The second-order valence-electron chi connectivity index (χ2n) is 10.6. The van der Waals surface area contributed by atoms with Crippen molar-refractivity contribution in [1.29, 1.82) is 0 Å². The minimum atomic E-state index is -3.68. The van der Waals surface area contributed by atoms with Crippen LogP contribution in [0.2, 0.25) is 0 Å². The van der Waals surface area contributed by atoms with Crippen LogP contribution in [0.3, 0.4) is 0 Å². The number of carbonyl (C=O) groups is 2. The lowest BCUT2D eigenvalue weighted by atomic mass is 9.96. The number of sulfonamides is 1. The molecule has 0 unspecified atom stereocenters. The summed E-state index contributed by atoms with van der Waals surface area (Å²) in [7, 11) is -3.68. The summed E-state index contributed by atoms with van der Waals surface area (Å²) in [5, 5.41) is 2.90. The fourth-order valence-electron chi connectivity index (χ4n) is 5.61. The van der Waals surface area contributed by atoms with Crippen LogP contribution < -0.4 is 15.1 Å². The second-order valence-corrected chi connectivity index (χ2v) is 12.5. The van der Waals surface area contributed by atoms with Crippen LogP contribution in [-0.2, 0) is 19.6 Å². The van der Waals surface area contributed by atoms with E-state index in [9.17, 15) is 18.0 Å². The maximum absolute atomic E-state index is 13.6. The monoisotopic (exact) mass is 524 g/mol. The van der Waals surface area contributed by atoms with E-state index >= 15 is 0 Å². The molecule has 3 aliphatic rings. The molecule has 2 aromatic carbocycles. The quantitative estimate of drug-likeness (QED) is 0.608. The van der Waals surface area contributed by atoms with E-state index < -0.39 is 10.0 Å². The van der Waals surface area contributed by atoms with Crippen LogP contribution in [0.1, 0.15) is 63.9 Å².